The van der Waals surface area contributed by atoms with Gasteiger partial charge in [-0.2, -0.15) is 0 Å². The summed E-state index contributed by atoms with van der Waals surface area (Å²) in [7, 11) is 0. The second-order valence-corrected chi connectivity index (χ2v) is 8.08. The molecule has 0 radical (unpaired) electrons. The molecular weight excluding hydrogens is 382 g/mol. The van der Waals surface area contributed by atoms with E-state index in [1.54, 1.807) is 12.5 Å². The Hall–Kier alpha value is -2.45. The van der Waals surface area contributed by atoms with Crippen LogP contribution in [-0.4, -0.2) is 78.2 Å². The van der Waals surface area contributed by atoms with Gasteiger partial charge in [0.1, 0.15) is 5.76 Å². The maximum atomic E-state index is 13.5. The predicted octanol–water partition coefficient (Wildman–Crippen LogP) is 1.96. The molecule has 8 heteroatoms. The number of carbonyl (C=O) groups excluding carboxylic acids is 1. The van der Waals surface area contributed by atoms with E-state index in [-0.39, 0.29) is 11.8 Å². The fourth-order valence-electron chi connectivity index (χ4n) is 4.15. The first kappa shape index (κ1) is 20.8. The van der Waals surface area contributed by atoms with Crippen LogP contribution in [-0.2, 0) is 16.1 Å². The highest BCUT2D eigenvalue weighted by Gasteiger charge is 2.31. The number of piperidine rings is 1. The number of nitrogens with zero attached hydrogens (tertiary/aromatic N) is 5. The Morgan fingerprint density at radius 1 is 1.27 bits per heavy atom. The SMILES string of the molecule is Cc1ccnc(N2CCCC(C(=O)N(CCN3CCOCC3)Cc3ccco3)C2)n1. The van der Waals surface area contributed by atoms with Crippen LogP contribution in [0.15, 0.2) is 35.1 Å². The molecule has 0 saturated carbocycles. The van der Waals surface area contributed by atoms with Crippen LogP contribution >= 0.6 is 0 Å². The maximum absolute atomic E-state index is 13.5. The Morgan fingerprint density at radius 3 is 2.90 bits per heavy atom. The molecule has 8 nitrogen and oxygen atoms in total. The highest BCUT2D eigenvalue weighted by Crippen LogP contribution is 2.23. The highest BCUT2D eigenvalue weighted by atomic mass is 16.5. The van der Waals surface area contributed by atoms with Crippen molar-refractivity contribution in [1.82, 2.24) is 19.8 Å². The van der Waals surface area contributed by atoms with Gasteiger partial charge >= 0.3 is 0 Å². The normalized spacial score (nSPS) is 20.3. The van der Waals surface area contributed by atoms with E-state index in [9.17, 15) is 4.79 Å². The molecule has 1 atom stereocenters. The number of aromatic nitrogens is 2. The summed E-state index contributed by atoms with van der Waals surface area (Å²) in [4.78, 5) is 28.9. The third-order valence-electron chi connectivity index (χ3n) is 5.86. The lowest BCUT2D eigenvalue weighted by Crippen LogP contribution is -2.48. The van der Waals surface area contributed by atoms with Gasteiger partial charge in [0.2, 0.25) is 11.9 Å². The number of furan rings is 1. The lowest BCUT2D eigenvalue weighted by Gasteiger charge is -2.36. The first-order chi connectivity index (χ1) is 14.7. The van der Waals surface area contributed by atoms with Crippen LogP contribution in [0.3, 0.4) is 0 Å². The molecule has 30 heavy (non-hydrogen) atoms. The number of rotatable bonds is 7. The summed E-state index contributed by atoms with van der Waals surface area (Å²) in [5, 5.41) is 0. The first-order valence-corrected chi connectivity index (χ1v) is 10.8. The van der Waals surface area contributed by atoms with E-state index in [2.05, 4.69) is 19.8 Å². The van der Waals surface area contributed by atoms with Gasteiger partial charge in [-0.15, -0.1) is 0 Å². The molecule has 4 rings (SSSR count). The van der Waals surface area contributed by atoms with E-state index in [0.717, 1.165) is 69.6 Å². The monoisotopic (exact) mass is 413 g/mol. The van der Waals surface area contributed by atoms with Crippen LogP contribution in [0, 0.1) is 12.8 Å². The zero-order valence-electron chi connectivity index (χ0n) is 17.7. The van der Waals surface area contributed by atoms with Gasteiger partial charge in [0.25, 0.3) is 0 Å². The van der Waals surface area contributed by atoms with Crippen molar-refractivity contribution in [3.8, 4) is 0 Å². The third kappa shape index (κ3) is 5.37. The van der Waals surface area contributed by atoms with Crippen molar-refractivity contribution in [2.24, 2.45) is 5.92 Å². The molecule has 2 fully saturated rings. The largest absolute Gasteiger partial charge is 0.467 e. The zero-order chi connectivity index (χ0) is 20.8. The Bertz CT molecular complexity index is 807. The molecule has 0 spiro atoms. The van der Waals surface area contributed by atoms with Gasteiger partial charge in [0, 0.05) is 51.2 Å². The summed E-state index contributed by atoms with van der Waals surface area (Å²) in [6.45, 7) is 8.94. The number of hydrogen-bond donors (Lipinski definition) is 0. The quantitative estimate of drug-likeness (QED) is 0.687. The maximum Gasteiger partial charge on any atom is 0.227 e. The minimum absolute atomic E-state index is 0.0532. The smallest absolute Gasteiger partial charge is 0.227 e. The van der Waals surface area contributed by atoms with Gasteiger partial charge in [-0.3, -0.25) is 9.69 Å². The van der Waals surface area contributed by atoms with Crippen LogP contribution in [0.2, 0.25) is 0 Å². The zero-order valence-corrected chi connectivity index (χ0v) is 17.7. The Morgan fingerprint density at radius 2 is 2.13 bits per heavy atom. The Kier molecular flexibility index (Phi) is 6.96. The van der Waals surface area contributed by atoms with Gasteiger partial charge in [0.15, 0.2) is 0 Å². The van der Waals surface area contributed by atoms with E-state index in [4.69, 9.17) is 9.15 Å². The minimum atomic E-state index is -0.0532. The summed E-state index contributed by atoms with van der Waals surface area (Å²) in [5.41, 5.74) is 0.943. The fourth-order valence-corrected chi connectivity index (χ4v) is 4.15. The van der Waals surface area contributed by atoms with Crippen molar-refractivity contribution in [1.29, 1.82) is 0 Å². The van der Waals surface area contributed by atoms with E-state index in [1.807, 2.05) is 30.0 Å². The van der Waals surface area contributed by atoms with Gasteiger partial charge < -0.3 is 19.0 Å². The second kappa shape index (κ2) is 10.0. The lowest BCUT2D eigenvalue weighted by molar-refractivity contribution is -0.137. The molecule has 0 N–H and O–H groups in total. The number of hydrogen-bond acceptors (Lipinski definition) is 7. The van der Waals surface area contributed by atoms with Crippen molar-refractivity contribution >= 4 is 11.9 Å². The summed E-state index contributed by atoms with van der Waals surface area (Å²) in [5.74, 6) is 1.68. The molecule has 1 amide bonds. The molecule has 2 saturated heterocycles. The van der Waals surface area contributed by atoms with Crippen molar-refractivity contribution in [3.05, 3.63) is 42.1 Å². The number of carbonyl (C=O) groups is 1. The van der Waals surface area contributed by atoms with Crippen molar-refractivity contribution in [3.63, 3.8) is 0 Å². The molecule has 162 valence electrons. The standard InChI is InChI=1S/C22H31N5O3/c1-18-6-7-23-22(24-18)27-8-2-4-19(16-27)21(28)26(17-20-5-3-13-30-20)10-9-25-11-14-29-15-12-25/h3,5-7,13,19H,2,4,8-12,14-17H2,1H3. The van der Waals surface area contributed by atoms with Gasteiger partial charge in [-0.1, -0.05) is 0 Å². The fraction of sp³-hybridized carbons (Fsp3) is 0.591. The Balaban J connectivity index is 1.42. The number of ether oxygens (including phenoxy) is 1. The predicted molar refractivity (Wildman–Crippen MR) is 113 cm³/mol. The molecule has 0 bridgehead atoms. The Labute approximate surface area is 177 Å². The lowest BCUT2D eigenvalue weighted by atomic mass is 9.96. The molecule has 2 aliphatic heterocycles. The average molecular weight is 414 g/mol. The summed E-state index contributed by atoms with van der Waals surface area (Å²) < 4.78 is 11.0. The van der Waals surface area contributed by atoms with Gasteiger partial charge in [-0.05, 0) is 38.0 Å². The summed E-state index contributed by atoms with van der Waals surface area (Å²) >= 11 is 0. The van der Waals surface area contributed by atoms with Crippen LogP contribution in [0.4, 0.5) is 5.95 Å². The molecule has 4 heterocycles. The third-order valence-corrected chi connectivity index (χ3v) is 5.86. The molecule has 2 aromatic rings. The first-order valence-electron chi connectivity index (χ1n) is 10.8. The van der Waals surface area contributed by atoms with Crippen molar-refractivity contribution < 1.29 is 13.9 Å². The molecule has 0 aliphatic carbocycles. The average Bonchev–Trinajstić information content (AvgIpc) is 3.30. The minimum Gasteiger partial charge on any atom is -0.467 e. The van der Waals surface area contributed by atoms with E-state index >= 15 is 0 Å². The number of aryl methyl sites for hydroxylation is 1. The molecule has 1 unspecified atom stereocenters. The van der Waals surface area contributed by atoms with E-state index in [0.29, 0.717) is 19.6 Å². The highest BCUT2D eigenvalue weighted by molar-refractivity contribution is 5.79. The number of amides is 1. The second-order valence-electron chi connectivity index (χ2n) is 8.08. The van der Waals surface area contributed by atoms with Crippen molar-refractivity contribution in [2.45, 2.75) is 26.3 Å². The van der Waals surface area contributed by atoms with Crippen LogP contribution in [0.5, 0.6) is 0 Å². The summed E-state index contributed by atoms with van der Waals surface area (Å²) in [6.07, 6.45) is 5.31. The molecule has 2 aliphatic rings. The number of morpholine rings is 1. The van der Waals surface area contributed by atoms with E-state index in [1.165, 1.54) is 0 Å². The molecular formula is C22H31N5O3. The summed E-state index contributed by atoms with van der Waals surface area (Å²) in [6, 6.07) is 5.70. The van der Waals surface area contributed by atoms with Gasteiger partial charge in [0.05, 0.1) is 31.9 Å². The van der Waals surface area contributed by atoms with Crippen molar-refractivity contribution in [2.75, 3.05) is 57.4 Å². The van der Waals surface area contributed by atoms with Crippen LogP contribution < -0.4 is 4.90 Å². The topological polar surface area (TPSA) is 74.9 Å². The van der Waals surface area contributed by atoms with E-state index < -0.39 is 0 Å². The van der Waals surface area contributed by atoms with Crippen LogP contribution in [0.25, 0.3) is 0 Å². The molecule has 2 aromatic heterocycles. The molecule has 0 aromatic carbocycles. The van der Waals surface area contributed by atoms with Crippen LogP contribution in [0.1, 0.15) is 24.3 Å². The van der Waals surface area contributed by atoms with Gasteiger partial charge in [-0.25, -0.2) is 9.97 Å². The number of anilines is 1.